The molecule has 1 aromatic carbocycles. The van der Waals surface area contributed by atoms with Gasteiger partial charge < -0.3 is 10.3 Å². The summed E-state index contributed by atoms with van der Waals surface area (Å²) in [4.78, 5) is 4.37. The lowest BCUT2D eigenvalue weighted by Gasteiger charge is -2.09. The van der Waals surface area contributed by atoms with Gasteiger partial charge in [0, 0.05) is 5.56 Å². The molecule has 2 rings (SSSR count). The van der Waals surface area contributed by atoms with Crippen LogP contribution in [0.3, 0.4) is 0 Å². The van der Waals surface area contributed by atoms with E-state index in [0.29, 0.717) is 17.6 Å². The van der Waals surface area contributed by atoms with E-state index in [2.05, 4.69) is 36.1 Å². The van der Waals surface area contributed by atoms with Crippen LogP contribution in [-0.2, 0) is 0 Å². The van der Waals surface area contributed by atoms with Crippen molar-refractivity contribution < 1.29 is 4.52 Å². The molecule has 2 N–H and O–H groups in total. The average molecular weight is 259 g/mol. The molecular weight excluding hydrogens is 238 g/mol. The predicted octanol–water partition coefficient (Wildman–Crippen LogP) is 3.52. The second kappa shape index (κ2) is 5.53. The van der Waals surface area contributed by atoms with Gasteiger partial charge in [0.2, 0.25) is 0 Å². The Labute approximate surface area is 114 Å². The van der Waals surface area contributed by atoms with Crippen LogP contribution < -0.4 is 5.73 Å². The van der Waals surface area contributed by atoms with Crippen LogP contribution in [0.2, 0.25) is 0 Å². The number of hydrogen-bond acceptors (Lipinski definition) is 4. The normalized spacial score (nSPS) is 13.2. The summed E-state index contributed by atoms with van der Waals surface area (Å²) >= 11 is 0. The lowest BCUT2D eigenvalue weighted by molar-refractivity contribution is 0.400. The van der Waals surface area contributed by atoms with Crippen LogP contribution in [0.1, 0.15) is 51.0 Å². The zero-order valence-corrected chi connectivity index (χ0v) is 11.9. The third-order valence-electron chi connectivity index (χ3n) is 3.28. The molecule has 1 unspecified atom stereocenters. The van der Waals surface area contributed by atoms with Crippen LogP contribution in [0.15, 0.2) is 28.8 Å². The predicted molar refractivity (Wildman–Crippen MR) is 75.6 cm³/mol. The Balaban J connectivity index is 2.23. The Kier molecular flexibility index (Phi) is 4.00. The summed E-state index contributed by atoms with van der Waals surface area (Å²) in [6.45, 7) is 8.42. The van der Waals surface area contributed by atoms with E-state index in [9.17, 15) is 0 Å². The van der Waals surface area contributed by atoms with Gasteiger partial charge in [-0.05, 0) is 29.5 Å². The third-order valence-corrected chi connectivity index (χ3v) is 3.28. The van der Waals surface area contributed by atoms with Crippen molar-refractivity contribution in [3.05, 3.63) is 35.7 Å². The van der Waals surface area contributed by atoms with Gasteiger partial charge in [-0.3, -0.25) is 0 Å². The van der Waals surface area contributed by atoms with Gasteiger partial charge in [0.15, 0.2) is 5.82 Å². The highest BCUT2D eigenvalue weighted by Crippen LogP contribution is 2.23. The average Bonchev–Trinajstić information content (AvgIpc) is 2.87. The van der Waals surface area contributed by atoms with E-state index >= 15 is 0 Å². The van der Waals surface area contributed by atoms with Crippen LogP contribution in [0.5, 0.6) is 0 Å². The molecule has 4 heteroatoms. The van der Waals surface area contributed by atoms with E-state index in [4.69, 9.17) is 10.3 Å². The number of nitrogens with zero attached hydrogens (tertiary/aromatic N) is 2. The van der Waals surface area contributed by atoms with Crippen LogP contribution in [-0.4, -0.2) is 10.1 Å². The summed E-state index contributed by atoms with van der Waals surface area (Å²) < 4.78 is 5.28. The van der Waals surface area contributed by atoms with Gasteiger partial charge >= 0.3 is 0 Å². The van der Waals surface area contributed by atoms with E-state index in [1.165, 1.54) is 5.56 Å². The standard InChI is InChI=1S/C15H21N3O/c1-9(2)11-5-7-12(8-6-11)15-17-14(18-19-15)13(16)10(3)4/h5-10,13H,16H2,1-4H3. The number of hydrogen-bond donors (Lipinski definition) is 1. The van der Waals surface area contributed by atoms with E-state index in [-0.39, 0.29) is 12.0 Å². The molecule has 1 heterocycles. The Morgan fingerprint density at radius 3 is 2.21 bits per heavy atom. The lowest BCUT2D eigenvalue weighted by Crippen LogP contribution is -2.18. The van der Waals surface area contributed by atoms with E-state index in [0.717, 1.165) is 5.56 Å². The second-order valence-corrected chi connectivity index (χ2v) is 5.50. The Hall–Kier alpha value is -1.68. The second-order valence-electron chi connectivity index (χ2n) is 5.50. The van der Waals surface area contributed by atoms with Crippen molar-refractivity contribution in [3.63, 3.8) is 0 Å². The molecule has 0 fully saturated rings. The van der Waals surface area contributed by atoms with E-state index in [1.807, 2.05) is 26.0 Å². The molecule has 0 radical (unpaired) electrons. The van der Waals surface area contributed by atoms with Crippen molar-refractivity contribution >= 4 is 0 Å². The first-order valence-electron chi connectivity index (χ1n) is 6.68. The highest BCUT2D eigenvalue weighted by atomic mass is 16.5. The van der Waals surface area contributed by atoms with Crippen molar-refractivity contribution in [2.75, 3.05) is 0 Å². The smallest absolute Gasteiger partial charge is 0.257 e. The molecule has 102 valence electrons. The quantitative estimate of drug-likeness (QED) is 0.912. The summed E-state index contributed by atoms with van der Waals surface area (Å²) in [7, 11) is 0. The van der Waals surface area contributed by atoms with Crippen LogP contribution in [0.25, 0.3) is 11.5 Å². The highest BCUT2D eigenvalue weighted by molar-refractivity contribution is 5.53. The molecule has 2 aromatic rings. The third kappa shape index (κ3) is 3.01. The molecule has 0 saturated heterocycles. The largest absolute Gasteiger partial charge is 0.334 e. The topological polar surface area (TPSA) is 64.9 Å². The monoisotopic (exact) mass is 259 g/mol. The van der Waals surface area contributed by atoms with Crippen molar-refractivity contribution in [2.24, 2.45) is 11.7 Å². The first-order valence-corrected chi connectivity index (χ1v) is 6.68. The van der Waals surface area contributed by atoms with Gasteiger partial charge in [0.25, 0.3) is 5.89 Å². The van der Waals surface area contributed by atoms with Gasteiger partial charge in [-0.25, -0.2) is 0 Å². The maximum Gasteiger partial charge on any atom is 0.257 e. The van der Waals surface area contributed by atoms with Crippen molar-refractivity contribution in [1.82, 2.24) is 10.1 Å². The van der Waals surface area contributed by atoms with Crippen LogP contribution >= 0.6 is 0 Å². The molecule has 0 spiro atoms. The molecule has 0 aliphatic rings. The van der Waals surface area contributed by atoms with Gasteiger partial charge in [-0.1, -0.05) is 45.0 Å². The summed E-state index contributed by atoms with van der Waals surface area (Å²) in [5.74, 6) is 1.90. The first-order chi connectivity index (χ1) is 8.99. The summed E-state index contributed by atoms with van der Waals surface area (Å²) in [5, 5.41) is 3.96. The molecule has 0 aliphatic heterocycles. The molecule has 4 nitrogen and oxygen atoms in total. The van der Waals surface area contributed by atoms with Crippen LogP contribution in [0.4, 0.5) is 0 Å². The van der Waals surface area contributed by atoms with Gasteiger partial charge in [0.05, 0.1) is 6.04 Å². The molecule has 1 atom stereocenters. The van der Waals surface area contributed by atoms with Crippen LogP contribution in [0, 0.1) is 5.92 Å². The molecule has 19 heavy (non-hydrogen) atoms. The van der Waals surface area contributed by atoms with Gasteiger partial charge in [-0.2, -0.15) is 4.98 Å². The Bertz CT molecular complexity index is 529. The minimum atomic E-state index is -0.188. The molecule has 0 bridgehead atoms. The van der Waals surface area contributed by atoms with Crippen molar-refractivity contribution in [3.8, 4) is 11.5 Å². The number of benzene rings is 1. The number of nitrogens with two attached hydrogens (primary N) is 1. The van der Waals surface area contributed by atoms with Crippen molar-refractivity contribution in [1.29, 1.82) is 0 Å². The maximum atomic E-state index is 6.01. The molecule has 1 aromatic heterocycles. The molecule has 0 aliphatic carbocycles. The van der Waals surface area contributed by atoms with Gasteiger partial charge in [0.1, 0.15) is 0 Å². The Morgan fingerprint density at radius 2 is 1.68 bits per heavy atom. The van der Waals surface area contributed by atoms with E-state index < -0.39 is 0 Å². The zero-order valence-electron chi connectivity index (χ0n) is 11.9. The lowest BCUT2D eigenvalue weighted by atomic mass is 10.0. The van der Waals surface area contributed by atoms with E-state index in [1.54, 1.807) is 0 Å². The first kappa shape index (κ1) is 13.7. The molecule has 0 amide bonds. The SMILES string of the molecule is CC(C)c1ccc(-c2nc(C(N)C(C)C)no2)cc1. The highest BCUT2D eigenvalue weighted by Gasteiger charge is 2.18. The summed E-state index contributed by atoms with van der Waals surface area (Å²) in [5.41, 5.74) is 8.23. The Morgan fingerprint density at radius 1 is 1.05 bits per heavy atom. The zero-order chi connectivity index (χ0) is 14.0. The minimum Gasteiger partial charge on any atom is -0.334 e. The summed E-state index contributed by atoms with van der Waals surface area (Å²) in [6.07, 6.45) is 0. The fourth-order valence-electron chi connectivity index (χ4n) is 1.80. The maximum absolute atomic E-state index is 6.01. The fraction of sp³-hybridized carbons (Fsp3) is 0.467. The molecule has 0 saturated carbocycles. The minimum absolute atomic E-state index is 0.188. The fourth-order valence-corrected chi connectivity index (χ4v) is 1.80. The summed E-state index contributed by atoms with van der Waals surface area (Å²) in [6, 6.07) is 8.01. The molecular formula is C15H21N3O. The van der Waals surface area contributed by atoms with Gasteiger partial charge in [-0.15, -0.1) is 0 Å². The number of aromatic nitrogens is 2. The van der Waals surface area contributed by atoms with Crippen molar-refractivity contribution in [2.45, 2.75) is 39.7 Å². The number of rotatable bonds is 4.